The van der Waals surface area contributed by atoms with Gasteiger partial charge in [0.25, 0.3) is 5.91 Å². The van der Waals surface area contributed by atoms with Crippen molar-refractivity contribution in [2.45, 2.75) is 19.4 Å². The summed E-state index contributed by atoms with van der Waals surface area (Å²) in [6, 6.07) is 11.8. The molecule has 2 aromatic rings. The molecular weight excluding hydrogens is 408 g/mol. The Morgan fingerprint density at radius 3 is 2.66 bits per heavy atom. The number of fused-ring (bicyclic) bond motifs is 2. The number of ether oxygens (including phenoxy) is 3. The predicted molar refractivity (Wildman–Crippen MR) is 124 cm³/mol. The third-order valence-corrected chi connectivity index (χ3v) is 5.88. The van der Waals surface area contributed by atoms with E-state index in [4.69, 9.17) is 14.2 Å². The summed E-state index contributed by atoms with van der Waals surface area (Å²) in [6.45, 7) is 3.06. The number of anilines is 1. The number of methoxy groups -OCH3 is 2. The van der Waals surface area contributed by atoms with Gasteiger partial charge in [-0.3, -0.25) is 9.79 Å². The third kappa shape index (κ3) is 4.44. The molecule has 2 aromatic carbocycles. The summed E-state index contributed by atoms with van der Waals surface area (Å²) < 4.78 is 16.4. The summed E-state index contributed by atoms with van der Waals surface area (Å²) in [5.41, 5.74) is 3.33. The minimum absolute atomic E-state index is 0.00917. The first-order chi connectivity index (χ1) is 15.6. The summed E-state index contributed by atoms with van der Waals surface area (Å²) in [4.78, 5) is 20.8. The highest BCUT2D eigenvalue weighted by Crippen LogP contribution is 2.33. The zero-order valence-corrected chi connectivity index (χ0v) is 18.9. The summed E-state index contributed by atoms with van der Waals surface area (Å²) in [7, 11) is 5.12. The van der Waals surface area contributed by atoms with Crippen LogP contribution in [0.4, 0.5) is 5.69 Å². The number of carbonyl (C=O) groups excluding carboxylic acids is 1. The fourth-order valence-corrected chi connectivity index (χ4v) is 4.23. The Balaban J connectivity index is 1.34. The van der Waals surface area contributed by atoms with Gasteiger partial charge >= 0.3 is 0 Å². The molecule has 0 unspecified atom stereocenters. The zero-order chi connectivity index (χ0) is 22.5. The smallest absolute Gasteiger partial charge is 0.265 e. The first kappa shape index (κ1) is 21.8. The number of nitrogens with one attached hydrogen (secondary N) is 1. The van der Waals surface area contributed by atoms with Gasteiger partial charge < -0.3 is 29.3 Å². The molecule has 1 amide bonds. The van der Waals surface area contributed by atoms with Crippen LogP contribution in [0.15, 0.2) is 41.4 Å². The minimum Gasteiger partial charge on any atom is -0.493 e. The molecule has 32 heavy (non-hydrogen) atoms. The lowest BCUT2D eigenvalue weighted by Gasteiger charge is -2.32. The number of para-hydroxylation sites is 2. The van der Waals surface area contributed by atoms with Crippen LogP contribution >= 0.6 is 0 Å². The molecule has 8 heteroatoms. The van der Waals surface area contributed by atoms with Crippen LogP contribution in [0.3, 0.4) is 0 Å². The van der Waals surface area contributed by atoms with E-state index in [1.54, 1.807) is 26.2 Å². The Morgan fingerprint density at radius 1 is 1.16 bits per heavy atom. The maximum atomic E-state index is 12.3. The molecular formula is C24H30N4O4. The number of amides is 1. The monoisotopic (exact) mass is 438 g/mol. The van der Waals surface area contributed by atoms with Gasteiger partial charge in [-0.1, -0.05) is 12.1 Å². The first-order valence-corrected chi connectivity index (χ1v) is 10.9. The fourth-order valence-electron chi connectivity index (χ4n) is 4.23. The van der Waals surface area contributed by atoms with Crippen LogP contribution in [0.25, 0.3) is 0 Å². The van der Waals surface area contributed by atoms with Gasteiger partial charge in [0.15, 0.2) is 24.1 Å². The highest BCUT2D eigenvalue weighted by molar-refractivity contribution is 5.97. The Labute approximate surface area is 188 Å². The van der Waals surface area contributed by atoms with Crippen LogP contribution in [0.2, 0.25) is 0 Å². The Morgan fingerprint density at radius 2 is 1.91 bits per heavy atom. The van der Waals surface area contributed by atoms with E-state index in [2.05, 4.69) is 27.3 Å². The van der Waals surface area contributed by atoms with Gasteiger partial charge in [0.2, 0.25) is 0 Å². The van der Waals surface area contributed by atoms with Crippen molar-refractivity contribution in [3.8, 4) is 17.2 Å². The van der Waals surface area contributed by atoms with Crippen molar-refractivity contribution in [1.29, 1.82) is 0 Å². The van der Waals surface area contributed by atoms with Gasteiger partial charge in [-0.15, -0.1) is 0 Å². The molecule has 1 N–H and O–H groups in total. The van der Waals surface area contributed by atoms with Crippen LogP contribution in [-0.4, -0.2) is 64.3 Å². The molecule has 0 aromatic heterocycles. The van der Waals surface area contributed by atoms with Crippen molar-refractivity contribution in [3.05, 3.63) is 47.5 Å². The van der Waals surface area contributed by atoms with Gasteiger partial charge in [0.05, 0.1) is 19.9 Å². The van der Waals surface area contributed by atoms with Crippen LogP contribution in [-0.2, 0) is 17.8 Å². The molecule has 8 nitrogen and oxygen atoms in total. The number of aliphatic imine (C=N–C) groups is 1. The van der Waals surface area contributed by atoms with E-state index < -0.39 is 0 Å². The highest BCUT2D eigenvalue weighted by Gasteiger charge is 2.25. The maximum absolute atomic E-state index is 12.3. The van der Waals surface area contributed by atoms with E-state index in [-0.39, 0.29) is 12.5 Å². The summed E-state index contributed by atoms with van der Waals surface area (Å²) in [5.74, 6) is 3.12. The van der Waals surface area contributed by atoms with Crippen LogP contribution in [0.1, 0.15) is 17.5 Å². The van der Waals surface area contributed by atoms with Crippen LogP contribution in [0.5, 0.6) is 17.2 Å². The largest absolute Gasteiger partial charge is 0.493 e. The summed E-state index contributed by atoms with van der Waals surface area (Å²) >= 11 is 0. The number of benzene rings is 2. The molecule has 0 atom stereocenters. The maximum Gasteiger partial charge on any atom is 0.265 e. The number of rotatable bonds is 6. The van der Waals surface area contributed by atoms with E-state index in [1.165, 1.54) is 11.1 Å². The van der Waals surface area contributed by atoms with Crippen LogP contribution in [0, 0.1) is 0 Å². The molecule has 0 radical (unpaired) electrons. The standard InChI is InChI=1S/C24H30N4O4/c1-25-24(27-12-9-17-13-21(30-2)22(31-3)14-18(17)15-27)26-10-6-11-28-19-7-4-5-8-20(19)32-16-23(28)29/h4-5,7-8,13-14H,6,9-12,15-16H2,1-3H3,(H,25,26). The SMILES string of the molecule is CN=C(NCCCN1C(=O)COc2ccccc21)N1CCc2cc(OC)c(OC)cc2C1. The van der Waals surface area contributed by atoms with Gasteiger partial charge in [-0.2, -0.15) is 0 Å². The Bertz CT molecular complexity index is 1010. The molecule has 170 valence electrons. The molecule has 0 fully saturated rings. The number of hydrogen-bond acceptors (Lipinski definition) is 5. The summed E-state index contributed by atoms with van der Waals surface area (Å²) in [5, 5.41) is 3.45. The van der Waals surface area contributed by atoms with Crippen molar-refractivity contribution in [3.63, 3.8) is 0 Å². The Kier molecular flexibility index (Phi) is 6.68. The van der Waals surface area contributed by atoms with E-state index in [0.717, 1.165) is 61.4 Å². The van der Waals surface area contributed by atoms with E-state index in [1.807, 2.05) is 24.3 Å². The molecule has 0 spiro atoms. The van der Waals surface area contributed by atoms with Gasteiger partial charge in [0.1, 0.15) is 5.75 Å². The van der Waals surface area contributed by atoms with E-state index in [0.29, 0.717) is 6.54 Å². The summed E-state index contributed by atoms with van der Waals surface area (Å²) in [6.07, 6.45) is 1.71. The second-order valence-corrected chi connectivity index (χ2v) is 7.78. The highest BCUT2D eigenvalue weighted by atomic mass is 16.5. The topological polar surface area (TPSA) is 75.6 Å². The molecule has 0 saturated heterocycles. The molecule has 2 aliphatic rings. The average Bonchev–Trinajstić information content (AvgIpc) is 2.84. The average molecular weight is 439 g/mol. The van der Waals surface area contributed by atoms with Crippen molar-refractivity contribution in [2.24, 2.45) is 4.99 Å². The minimum atomic E-state index is -0.00917. The van der Waals surface area contributed by atoms with Crippen molar-refractivity contribution in [2.75, 3.05) is 52.4 Å². The zero-order valence-electron chi connectivity index (χ0n) is 18.9. The predicted octanol–water partition coefficient (Wildman–Crippen LogP) is 2.45. The van der Waals surface area contributed by atoms with Gasteiger partial charge in [-0.05, 0) is 48.2 Å². The fraction of sp³-hybridized carbons (Fsp3) is 0.417. The number of nitrogens with zero attached hydrogens (tertiary/aromatic N) is 3. The number of guanidine groups is 1. The van der Waals surface area contributed by atoms with Gasteiger partial charge in [-0.25, -0.2) is 0 Å². The number of hydrogen-bond donors (Lipinski definition) is 1. The first-order valence-electron chi connectivity index (χ1n) is 10.9. The van der Waals surface area contributed by atoms with Crippen LogP contribution < -0.4 is 24.4 Å². The normalized spacial score (nSPS) is 15.6. The molecule has 4 rings (SSSR count). The van der Waals surface area contributed by atoms with Crippen molar-refractivity contribution >= 4 is 17.6 Å². The lowest BCUT2D eigenvalue weighted by molar-refractivity contribution is -0.121. The quantitative estimate of drug-likeness (QED) is 0.424. The second-order valence-electron chi connectivity index (χ2n) is 7.78. The lowest BCUT2D eigenvalue weighted by Crippen LogP contribution is -2.45. The molecule has 0 saturated carbocycles. The Hall–Kier alpha value is -3.42. The lowest BCUT2D eigenvalue weighted by atomic mass is 9.99. The molecule has 2 aliphatic heterocycles. The van der Waals surface area contributed by atoms with Crippen molar-refractivity contribution in [1.82, 2.24) is 10.2 Å². The van der Waals surface area contributed by atoms with Crippen molar-refractivity contribution < 1.29 is 19.0 Å². The van der Waals surface area contributed by atoms with Gasteiger partial charge in [0, 0.05) is 33.2 Å². The van der Waals surface area contributed by atoms with E-state index >= 15 is 0 Å². The second kappa shape index (κ2) is 9.80. The molecule has 2 heterocycles. The molecule has 0 bridgehead atoms. The van der Waals surface area contributed by atoms with E-state index in [9.17, 15) is 4.79 Å². The molecule has 0 aliphatic carbocycles. The number of carbonyl (C=O) groups is 1. The third-order valence-electron chi connectivity index (χ3n) is 5.88.